The molecule has 1 saturated heterocycles. The van der Waals surface area contributed by atoms with Crippen LogP contribution in [0.3, 0.4) is 0 Å². The maximum absolute atomic E-state index is 16.1. The summed E-state index contributed by atoms with van der Waals surface area (Å²) >= 11 is 0. The van der Waals surface area contributed by atoms with E-state index < -0.39 is 97.9 Å². The standard InChI is InChI=1S/C38H48F2N6O9S/c1-5-21-19-37(21,34(49)45-56(51,52)23-14-15-23)44-31(47)26-18-22-20-46(26)33(48)30(36(2,3)4)43-35(50)55-28-13-8-12-27(28)53-17-9-16-38(39,40)29-32(54-22)42-25-11-7-6-10-24(25)41-29/h6-7,9-11,16,21-23,26-28,30H,5,8,12-15,17-20H2,1-4H3,(H,43,50)(H,44,47)(H,45,49)/b16-9-/t21-,22-,26+,27-,28-,30-,37-/m1/s1. The largest absolute Gasteiger partial charge is 0.471 e. The lowest BCUT2D eigenvalue weighted by Gasteiger charge is -2.35. The molecule has 3 saturated carbocycles. The monoisotopic (exact) mass is 802 g/mol. The fraction of sp³-hybridized carbons (Fsp3) is 0.632. The number of benzene rings is 1. The minimum atomic E-state index is -3.94. The number of hydrogen-bond acceptors (Lipinski definition) is 11. The Morgan fingerprint density at radius 3 is 2.39 bits per heavy atom. The first-order valence-electron chi connectivity index (χ1n) is 19.2. The van der Waals surface area contributed by atoms with Gasteiger partial charge in [0, 0.05) is 6.42 Å². The zero-order chi connectivity index (χ0) is 40.2. The van der Waals surface area contributed by atoms with Crippen molar-refractivity contribution in [3.05, 3.63) is 42.1 Å². The van der Waals surface area contributed by atoms with E-state index in [-0.39, 0.29) is 42.9 Å². The number of amides is 4. The summed E-state index contributed by atoms with van der Waals surface area (Å²) in [5.74, 6) is -6.90. The second-order valence-corrected chi connectivity index (χ2v) is 18.5. The molecule has 7 atom stereocenters. The van der Waals surface area contributed by atoms with Crippen LogP contribution < -0.4 is 20.1 Å². The number of allylic oxidation sites excluding steroid dienone is 1. The first-order chi connectivity index (χ1) is 26.4. The molecule has 4 fully saturated rings. The molecule has 7 rings (SSSR count). The van der Waals surface area contributed by atoms with Crippen molar-refractivity contribution >= 4 is 44.9 Å². The van der Waals surface area contributed by atoms with Crippen molar-refractivity contribution in [2.45, 2.75) is 126 Å². The van der Waals surface area contributed by atoms with E-state index in [2.05, 4.69) is 25.3 Å². The maximum atomic E-state index is 16.1. The van der Waals surface area contributed by atoms with Crippen LogP contribution in [-0.4, -0.2) is 101 Å². The fourth-order valence-electron chi connectivity index (χ4n) is 7.89. The summed E-state index contributed by atoms with van der Waals surface area (Å²) in [7, 11) is -3.94. The second-order valence-electron chi connectivity index (χ2n) is 16.5. The van der Waals surface area contributed by atoms with Gasteiger partial charge in [-0.25, -0.2) is 23.2 Å². The van der Waals surface area contributed by atoms with Crippen molar-refractivity contribution in [2.24, 2.45) is 11.3 Å². The summed E-state index contributed by atoms with van der Waals surface area (Å²) in [5.41, 5.74) is -2.79. The molecule has 18 heteroatoms. The number of rotatable bonds is 6. The summed E-state index contributed by atoms with van der Waals surface area (Å²) in [4.78, 5) is 65.8. The van der Waals surface area contributed by atoms with Gasteiger partial charge in [-0.05, 0) is 68.1 Å². The summed E-state index contributed by atoms with van der Waals surface area (Å²) in [5, 5.41) is 4.79. The van der Waals surface area contributed by atoms with Crippen LogP contribution in [0.25, 0.3) is 11.0 Å². The zero-order valence-corrected chi connectivity index (χ0v) is 32.6. The molecule has 5 aliphatic rings. The van der Waals surface area contributed by atoms with E-state index in [1.165, 1.54) is 11.0 Å². The van der Waals surface area contributed by atoms with Gasteiger partial charge in [0.25, 0.3) is 5.91 Å². The third-order valence-electron chi connectivity index (χ3n) is 11.3. The number of nitrogens with one attached hydrogen (secondary N) is 3. The van der Waals surface area contributed by atoms with Crippen molar-refractivity contribution in [1.82, 2.24) is 30.2 Å². The highest BCUT2D eigenvalue weighted by atomic mass is 32.2. The summed E-state index contributed by atoms with van der Waals surface area (Å²) in [6, 6.07) is 3.86. The van der Waals surface area contributed by atoms with Crippen LogP contribution in [0, 0.1) is 11.3 Å². The second kappa shape index (κ2) is 14.8. The number of carbonyl (C=O) groups excluding carboxylic acids is 4. The van der Waals surface area contributed by atoms with Gasteiger partial charge >= 0.3 is 12.0 Å². The van der Waals surface area contributed by atoms with E-state index in [4.69, 9.17) is 14.2 Å². The molecular formula is C38H48F2N6O9S. The van der Waals surface area contributed by atoms with Crippen molar-refractivity contribution in [3.8, 4) is 5.88 Å². The zero-order valence-electron chi connectivity index (χ0n) is 31.8. The normalized spacial score (nSPS) is 31.4. The smallest absolute Gasteiger partial charge is 0.408 e. The predicted octanol–water partition coefficient (Wildman–Crippen LogP) is 3.61. The van der Waals surface area contributed by atoms with Gasteiger partial charge in [0.15, 0.2) is 5.69 Å². The van der Waals surface area contributed by atoms with Crippen molar-refractivity contribution in [2.75, 3.05) is 13.2 Å². The lowest BCUT2D eigenvalue weighted by Crippen LogP contribution is -2.60. The molecule has 3 aliphatic carbocycles. The van der Waals surface area contributed by atoms with Gasteiger partial charge < -0.3 is 29.7 Å². The first kappa shape index (κ1) is 39.8. The van der Waals surface area contributed by atoms with Gasteiger partial charge in [0.05, 0.1) is 35.5 Å². The molecule has 15 nitrogen and oxygen atoms in total. The van der Waals surface area contributed by atoms with E-state index in [1.807, 2.05) is 6.92 Å². The molecule has 56 heavy (non-hydrogen) atoms. The number of fused-ring (bicyclic) bond motifs is 5. The summed E-state index contributed by atoms with van der Waals surface area (Å²) in [6.45, 7) is 6.49. The molecule has 1 aromatic carbocycles. The van der Waals surface area contributed by atoms with Gasteiger partial charge in [-0.2, -0.15) is 8.78 Å². The van der Waals surface area contributed by atoms with Gasteiger partial charge in [-0.15, -0.1) is 0 Å². The van der Waals surface area contributed by atoms with Crippen LogP contribution >= 0.6 is 0 Å². The molecule has 3 N–H and O–H groups in total. The predicted molar refractivity (Wildman–Crippen MR) is 197 cm³/mol. The molecule has 0 unspecified atom stereocenters. The maximum Gasteiger partial charge on any atom is 0.408 e. The number of halogens is 2. The summed E-state index contributed by atoms with van der Waals surface area (Å²) < 4.78 is 77.5. The number of nitrogens with zero attached hydrogens (tertiary/aromatic N) is 3. The average molecular weight is 803 g/mol. The van der Waals surface area contributed by atoms with Gasteiger partial charge in [-0.1, -0.05) is 52.3 Å². The Morgan fingerprint density at radius 2 is 1.73 bits per heavy atom. The van der Waals surface area contributed by atoms with Crippen LogP contribution in [0.1, 0.15) is 84.8 Å². The minimum Gasteiger partial charge on any atom is -0.471 e. The molecule has 1 aromatic heterocycles. The quantitative estimate of drug-likeness (QED) is 0.361. The van der Waals surface area contributed by atoms with Crippen LogP contribution in [0.2, 0.25) is 0 Å². The Balaban J connectivity index is 1.25. The number of para-hydroxylation sites is 2. The number of alkyl halides is 2. The first-order valence-corrected chi connectivity index (χ1v) is 20.7. The SMILES string of the molecule is CC[C@@H]1C[C@]1(NC(=O)[C@@H]1C[C@@H]2CN1C(=O)[C@H](C(C)(C)C)NC(=O)O[C@@H]1CCC[C@H]1OC/C=C\C(F)(F)c1nc3ccccc3nc1O2)C(=O)NS(=O)(=O)C1CC1. The van der Waals surface area contributed by atoms with Crippen LogP contribution in [0.4, 0.5) is 13.6 Å². The highest BCUT2D eigenvalue weighted by Gasteiger charge is 2.62. The number of hydrogen-bond donors (Lipinski definition) is 3. The van der Waals surface area contributed by atoms with Crippen molar-refractivity contribution < 1.29 is 50.6 Å². The number of alkyl carbamates (subject to hydrolysis) is 1. The molecule has 3 heterocycles. The van der Waals surface area contributed by atoms with E-state index in [0.29, 0.717) is 44.6 Å². The van der Waals surface area contributed by atoms with Crippen LogP contribution in [0.5, 0.6) is 5.88 Å². The topological polar surface area (TPSA) is 195 Å². The molecule has 2 aromatic rings. The fourth-order valence-corrected chi connectivity index (χ4v) is 9.25. The molecule has 2 bridgehead atoms. The Hall–Kier alpha value is -4.45. The number of aromatic nitrogens is 2. The minimum absolute atomic E-state index is 0.171. The van der Waals surface area contributed by atoms with Gasteiger partial charge in [-0.3, -0.25) is 19.1 Å². The van der Waals surface area contributed by atoms with Gasteiger partial charge in [0.1, 0.15) is 29.8 Å². The Labute approximate surface area is 323 Å². The number of ether oxygens (including phenoxy) is 3. The molecule has 2 aliphatic heterocycles. The third-order valence-corrected chi connectivity index (χ3v) is 13.1. The molecule has 304 valence electrons. The molecular weight excluding hydrogens is 755 g/mol. The lowest BCUT2D eigenvalue weighted by atomic mass is 9.85. The van der Waals surface area contributed by atoms with Gasteiger partial charge in [0.2, 0.25) is 27.7 Å². The van der Waals surface area contributed by atoms with E-state index in [9.17, 15) is 27.6 Å². The highest BCUT2D eigenvalue weighted by molar-refractivity contribution is 7.91. The van der Waals surface area contributed by atoms with E-state index >= 15 is 8.78 Å². The van der Waals surface area contributed by atoms with E-state index in [1.54, 1.807) is 39.0 Å². The lowest BCUT2D eigenvalue weighted by molar-refractivity contribution is -0.143. The van der Waals surface area contributed by atoms with Crippen LogP contribution in [-0.2, 0) is 39.8 Å². The third kappa shape index (κ3) is 8.04. The number of carbonyl (C=O) groups is 4. The van der Waals surface area contributed by atoms with Crippen molar-refractivity contribution in [3.63, 3.8) is 0 Å². The Morgan fingerprint density at radius 1 is 1.04 bits per heavy atom. The van der Waals surface area contributed by atoms with Crippen molar-refractivity contribution in [1.29, 1.82) is 0 Å². The average Bonchev–Trinajstić information content (AvgIpc) is 4.03. The Bertz CT molecular complexity index is 2040. The Kier molecular flexibility index (Phi) is 10.5. The highest BCUT2D eigenvalue weighted by Crippen LogP contribution is 2.47. The summed E-state index contributed by atoms with van der Waals surface area (Å²) in [6.07, 6.45) is 1.46. The molecule has 0 radical (unpaired) electrons. The van der Waals surface area contributed by atoms with Crippen LogP contribution in [0.15, 0.2) is 36.4 Å². The molecule has 0 spiro atoms. The molecule has 4 amide bonds. The number of sulfonamides is 1. The van der Waals surface area contributed by atoms with E-state index in [0.717, 1.165) is 6.08 Å².